The maximum atomic E-state index is 12.5. The molecule has 0 atom stereocenters. The third-order valence-corrected chi connectivity index (χ3v) is 3.59. The molecule has 0 saturated carbocycles. The summed E-state index contributed by atoms with van der Waals surface area (Å²) in [5.41, 5.74) is -0.686. The van der Waals surface area contributed by atoms with Gasteiger partial charge in [0.2, 0.25) is 0 Å². The van der Waals surface area contributed by atoms with Gasteiger partial charge in [-0.15, -0.1) is 0 Å². The van der Waals surface area contributed by atoms with Crippen LogP contribution in [0.2, 0.25) is 0 Å². The molecule has 0 bridgehead atoms. The lowest BCUT2D eigenvalue weighted by Gasteiger charge is -2.28. The highest BCUT2D eigenvalue weighted by atomic mass is 16.5. The molecule has 1 aromatic heterocycles. The standard InChI is InChI=1S/C14H25N3O2/c1-6-14(7-2,19-5)12(18)8-13-15-10-16-17(13)9-11(3)4/h10-11H,6-9H2,1-5H3. The van der Waals surface area contributed by atoms with Gasteiger partial charge in [0.05, 0.1) is 6.42 Å². The third-order valence-electron chi connectivity index (χ3n) is 3.59. The molecule has 0 radical (unpaired) electrons. The third kappa shape index (κ3) is 3.62. The number of Topliss-reactive ketones (excluding diaryl/α,β-unsaturated/α-hetero) is 1. The van der Waals surface area contributed by atoms with E-state index in [2.05, 4.69) is 23.9 Å². The lowest BCUT2D eigenvalue weighted by atomic mass is 9.90. The first kappa shape index (κ1) is 15.8. The Morgan fingerprint density at radius 2 is 2.05 bits per heavy atom. The number of methoxy groups -OCH3 is 1. The van der Waals surface area contributed by atoms with Crippen LogP contribution in [0.5, 0.6) is 0 Å². The minimum absolute atomic E-state index is 0.0815. The van der Waals surface area contributed by atoms with Gasteiger partial charge in [-0.3, -0.25) is 4.79 Å². The molecule has 5 heteroatoms. The Balaban J connectivity index is 2.84. The highest BCUT2D eigenvalue weighted by molar-refractivity contribution is 5.88. The molecule has 0 N–H and O–H groups in total. The van der Waals surface area contributed by atoms with E-state index < -0.39 is 5.60 Å². The smallest absolute Gasteiger partial charge is 0.172 e. The summed E-state index contributed by atoms with van der Waals surface area (Å²) >= 11 is 0. The molecular formula is C14H25N3O2. The van der Waals surface area contributed by atoms with E-state index in [0.29, 0.717) is 18.8 Å². The molecule has 0 aliphatic rings. The molecule has 0 unspecified atom stereocenters. The number of aromatic nitrogens is 3. The minimum Gasteiger partial charge on any atom is -0.370 e. The Morgan fingerprint density at radius 3 is 2.53 bits per heavy atom. The zero-order valence-corrected chi connectivity index (χ0v) is 12.6. The number of carbonyl (C=O) groups excluding carboxylic acids is 1. The molecule has 19 heavy (non-hydrogen) atoms. The van der Waals surface area contributed by atoms with Crippen molar-refractivity contribution >= 4 is 5.78 Å². The first-order chi connectivity index (χ1) is 8.99. The van der Waals surface area contributed by atoms with Gasteiger partial charge < -0.3 is 4.74 Å². The van der Waals surface area contributed by atoms with E-state index in [1.54, 1.807) is 7.11 Å². The van der Waals surface area contributed by atoms with E-state index >= 15 is 0 Å². The Bertz CT molecular complexity index is 400. The molecule has 1 rings (SSSR count). The van der Waals surface area contributed by atoms with Crippen molar-refractivity contribution in [2.75, 3.05) is 7.11 Å². The van der Waals surface area contributed by atoms with Crippen molar-refractivity contribution in [2.45, 2.75) is 59.1 Å². The molecule has 0 aliphatic heterocycles. The fraction of sp³-hybridized carbons (Fsp3) is 0.786. The molecular weight excluding hydrogens is 242 g/mol. The van der Waals surface area contributed by atoms with Crippen molar-refractivity contribution in [3.63, 3.8) is 0 Å². The van der Waals surface area contributed by atoms with E-state index in [-0.39, 0.29) is 12.2 Å². The molecule has 0 spiro atoms. The van der Waals surface area contributed by atoms with Gasteiger partial charge in [-0.25, -0.2) is 9.67 Å². The topological polar surface area (TPSA) is 57.0 Å². The van der Waals surface area contributed by atoms with Crippen LogP contribution in [-0.4, -0.2) is 33.3 Å². The van der Waals surface area contributed by atoms with Crippen LogP contribution in [0.1, 0.15) is 46.4 Å². The van der Waals surface area contributed by atoms with Crippen LogP contribution in [0.15, 0.2) is 6.33 Å². The van der Waals surface area contributed by atoms with Crippen molar-refractivity contribution in [3.05, 3.63) is 12.2 Å². The summed E-state index contributed by atoms with van der Waals surface area (Å²) < 4.78 is 7.27. The number of ketones is 1. The van der Waals surface area contributed by atoms with Gasteiger partial charge in [0.25, 0.3) is 0 Å². The molecule has 0 aromatic carbocycles. The van der Waals surface area contributed by atoms with Crippen LogP contribution in [0, 0.1) is 5.92 Å². The van der Waals surface area contributed by atoms with Crippen LogP contribution >= 0.6 is 0 Å². The number of hydrogen-bond acceptors (Lipinski definition) is 4. The van der Waals surface area contributed by atoms with Gasteiger partial charge >= 0.3 is 0 Å². The Morgan fingerprint density at radius 1 is 1.42 bits per heavy atom. The molecule has 1 heterocycles. The molecule has 1 aromatic rings. The van der Waals surface area contributed by atoms with Crippen molar-refractivity contribution in [2.24, 2.45) is 5.92 Å². The van der Waals surface area contributed by atoms with E-state index in [0.717, 1.165) is 12.4 Å². The number of hydrogen-bond donors (Lipinski definition) is 0. The van der Waals surface area contributed by atoms with E-state index in [9.17, 15) is 4.79 Å². The summed E-state index contributed by atoms with van der Waals surface area (Å²) in [6.45, 7) is 8.96. The summed E-state index contributed by atoms with van der Waals surface area (Å²) in [6.07, 6.45) is 3.15. The Labute approximate surface area is 115 Å². The second-order valence-corrected chi connectivity index (χ2v) is 5.26. The molecule has 108 valence electrons. The zero-order valence-electron chi connectivity index (χ0n) is 12.6. The van der Waals surface area contributed by atoms with Gasteiger partial charge in [0.1, 0.15) is 17.8 Å². The molecule has 0 fully saturated rings. The van der Waals surface area contributed by atoms with E-state index in [4.69, 9.17) is 4.74 Å². The van der Waals surface area contributed by atoms with Gasteiger partial charge in [0.15, 0.2) is 5.78 Å². The van der Waals surface area contributed by atoms with Gasteiger partial charge in [-0.2, -0.15) is 5.10 Å². The van der Waals surface area contributed by atoms with Crippen LogP contribution in [-0.2, 0) is 22.5 Å². The van der Waals surface area contributed by atoms with Crippen LogP contribution < -0.4 is 0 Å². The monoisotopic (exact) mass is 267 g/mol. The van der Waals surface area contributed by atoms with E-state index in [1.807, 2.05) is 18.5 Å². The SMILES string of the molecule is CCC(CC)(OC)C(=O)Cc1ncnn1CC(C)C. The van der Waals surface area contributed by atoms with Gasteiger partial charge in [-0.05, 0) is 18.8 Å². The maximum Gasteiger partial charge on any atom is 0.172 e. The Kier molecular flexibility index (Phi) is 5.66. The fourth-order valence-corrected chi connectivity index (χ4v) is 2.27. The molecule has 0 amide bonds. The average Bonchev–Trinajstić information content (AvgIpc) is 2.79. The van der Waals surface area contributed by atoms with Crippen molar-refractivity contribution in [3.8, 4) is 0 Å². The second kappa shape index (κ2) is 6.80. The number of rotatable bonds is 8. The normalized spacial score (nSPS) is 12.1. The summed E-state index contributed by atoms with van der Waals surface area (Å²) in [5.74, 6) is 1.28. The summed E-state index contributed by atoms with van der Waals surface area (Å²) in [4.78, 5) is 16.7. The highest BCUT2D eigenvalue weighted by Gasteiger charge is 2.35. The number of nitrogens with zero attached hydrogens (tertiary/aromatic N) is 3. The quantitative estimate of drug-likeness (QED) is 0.725. The first-order valence-corrected chi connectivity index (χ1v) is 6.94. The van der Waals surface area contributed by atoms with Gasteiger partial charge in [0, 0.05) is 13.7 Å². The zero-order chi connectivity index (χ0) is 14.5. The number of ether oxygens (including phenoxy) is 1. The molecule has 5 nitrogen and oxygen atoms in total. The maximum absolute atomic E-state index is 12.5. The first-order valence-electron chi connectivity index (χ1n) is 6.94. The van der Waals surface area contributed by atoms with Crippen molar-refractivity contribution in [1.29, 1.82) is 0 Å². The minimum atomic E-state index is -0.686. The van der Waals surface area contributed by atoms with Crippen molar-refractivity contribution < 1.29 is 9.53 Å². The summed E-state index contributed by atoms with van der Waals surface area (Å²) in [5, 5.41) is 4.18. The fourth-order valence-electron chi connectivity index (χ4n) is 2.27. The predicted octanol–water partition coefficient (Wildman–Crippen LogP) is 2.25. The summed E-state index contributed by atoms with van der Waals surface area (Å²) in [6, 6.07) is 0. The molecule has 0 aliphatic carbocycles. The Hall–Kier alpha value is -1.23. The lowest BCUT2D eigenvalue weighted by Crippen LogP contribution is -2.41. The average molecular weight is 267 g/mol. The number of carbonyl (C=O) groups is 1. The van der Waals surface area contributed by atoms with Crippen LogP contribution in [0.4, 0.5) is 0 Å². The van der Waals surface area contributed by atoms with Crippen molar-refractivity contribution in [1.82, 2.24) is 14.8 Å². The van der Waals surface area contributed by atoms with Gasteiger partial charge in [-0.1, -0.05) is 27.7 Å². The lowest BCUT2D eigenvalue weighted by molar-refractivity contribution is -0.141. The highest BCUT2D eigenvalue weighted by Crippen LogP contribution is 2.22. The molecule has 0 saturated heterocycles. The van der Waals surface area contributed by atoms with Crippen LogP contribution in [0.25, 0.3) is 0 Å². The predicted molar refractivity (Wildman–Crippen MR) is 73.9 cm³/mol. The summed E-state index contributed by atoms with van der Waals surface area (Å²) in [7, 11) is 1.60. The largest absolute Gasteiger partial charge is 0.370 e. The second-order valence-electron chi connectivity index (χ2n) is 5.26. The van der Waals surface area contributed by atoms with E-state index in [1.165, 1.54) is 6.33 Å². The van der Waals surface area contributed by atoms with Crippen LogP contribution in [0.3, 0.4) is 0 Å².